The molecule has 17 heavy (non-hydrogen) atoms. The molecule has 0 bridgehead atoms. The molecule has 0 unspecified atom stereocenters. The molecule has 1 rings (SSSR count). The third kappa shape index (κ3) is 5.91. The van der Waals surface area contributed by atoms with Gasteiger partial charge in [-0.1, -0.05) is 12.8 Å². The summed E-state index contributed by atoms with van der Waals surface area (Å²) in [6, 6.07) is 0. The Labute approximate surface area is 109 Å². The van der Waals surface area contributed by atoms with E-state index in [-0.39, 0.29) is 0 Å². The first kappa shape index (κ1) is 14.3. The van der Waals surface area contributed by atoms with Crippen molar-refractivity contribution >= 4 is 17.6 Å². The first-order valence-electron chi connectivity index (χ1n) is 6.27. The molecule has 0 aliphatic heterocycles. The standard InChI is InChI=1S/C13H23N3S/c1-11-12(2)16-13(10-15-11)14-8-6-4-5-7-9-17-3/h10H,4-9H2,1-3H3,(H,14,16). The third-order valence-corrected chi connectivity index (χ3v) is 3.47. The van der Waals surface area contributed by atoms with Crippen molar-refractivity contribution < 1.29 is 0 Å². The fourth-order valence-corrected chi connectivity index (χ4v) is 2.06. The van der Waals surface area contributed by atoms with Gasteiger partial charge in [0, 0.05) is 6.54 Å². The Kier molecular flexibility index (Phi) is 7.01. The molecule has 1 aromatic heterocycles. The van der Waals surface area contributed by atoms with Crippen LogP contribution in [0, 0.1) is 13.8 Å². The number of aryl methyl sites for hydroxylation is 2. The summed E-state index contributed by atoms with van der Waals surface area (Å²) in [5, 5.41) is 3.32. The highest BCUT2D eigenvalue weighted by Gasteiger charge is 1.98. The van der Waals surface area contributed by atoms with Crippen LogP contribution < -0.4 is 5.32 Å². The van der Waals surface area contributed by atoms with Crippen LogP contribution in [0.3, 0.4) is 0 Å². The van der Waals surface area contributed by atoms with Gasteiger partial charge in [0.2, 0.25) is 0 Å². The van der Waals surface area contributed by atoms with E-state index >= 15 is 0 Å². The highest BCUT2D eigenvalue weighted by Crippen LogP contribution is 2.07. The molecule has 0 saturated carbocycles. The van der Waals surface area contributed by atoms with Crippen molar-refractivity contribution in [2.45, 2.75) is 39.5 Å². The number of nitrogens with zero attached hydrogens (tertiary/aromatic N) is 2. The summed E-state index contributed by atoms with van der Waals surface area (Å²) < 4.78 is 0. The molecule has 0 atom stereocenters. The molecule has 0 aromatic carbocycles. The Hall–Kier alpha value is -0.770. The first-order chi connectivity index (χ1) is 8.24. The lowest BCUT2D eigenvalue weighted by Gasteiger charge is -2.06. The van der Waals surface area contributed by atoms with Crippen molar-refractivity contribution in [2.75, 3.05) is 23.9 Å². The molecule has 0 aliphatic rings. The van der Waals surface area contributed by atoms with Gasteiger partial charge in [0.25, 0.3) is 0 Å². The van der Waals surface area contributed by atoms with Crippen molar-refractivity contribution in [3.63, 3.8) is 0 Å². The lowest BCUT2D eigenvalue weighted by atomic mass is 10.2. The van der Waals surface area contributed by atoms with Crippen LogP contribution >= 0.6 is 11.8 Å². The van der Waals surface area contributed by atoms with E-state index in [4.69, 9.17) is 0 Å². The minimum Gasteiger partial charge on any atom is -0.369 e. The van der Waals surface area contributed by atoms with Crippen molar-refractivity contribution in [1.82, 2.24) is 9.97 Å². The van der Waals surface area contributed by atoms with Crippen molar-refractivity contribution in [3.8, 4) is 0 Å². The molecule has 3 nitrogen and oxygen atoms in total. The Balaban J connectivity index is 2.11. The molecule has 0 amide bonds. The van der Waals surface area contributed by atoms with E-state index in [2.05, 4.69) is 21.5 Å². The molecule has 0 saturated heterocycles. The maximum Gasteiger partial charge on any atom is 0.144 e. The van der Waals surface area contributed by atoms with E-state index < -0.39 is 0 Å². The molecule has 1 heterocycles. The molecular formula is C13H23N3S. The molecule has 4 heteroatoms. The highest BCUT2D eigenvalue weighted by molar-refractivity contribution is 7.98. The molecule has 1 N–H and O–H groups in total. The number of nitrogens with one attached hydrogen (secondary N) is 1. The fourth-order valence-electron chi connectivity index (χ4n) is 1.57. The minimum absolute atomic E-state index is 0.900. The van der Waals surface area contributed by atoms with Gasteiger partial charge in [-0.15, -0.1) is 0 Å². The normalized spacial score (nSPS) is 10.5. The zero-order valence-corrected chi connectivity index (χ0v) is 11.9. The van der Waals surface area contributed by atoms with Gasteiger partial charge < -0.3 is 5.32 Å². The van der Waals surface area contributed by atoms with Crippen molar-refractivity contribution in [3.05, 3.63) is 17.6 Å². The maximum atomic E-state index is 4.44. The monoisotopic (exact) mass is 253 g/mol. The molecular weight excluding hydrogens is 230 g/mol. The molecule has 0 aliphatic carbocycles. The average Bonchev–Trinajstić information content (AvgIpc) is 2.32. The van der Waals surface area contributed by atoms with Gasteiger partial charge in [-0.2, -0.15) is 11.8 Å². The van der Waals surface area contributed by atoms with E-state index in [9.17, 15) is 0 Å². The number of aromatic nitrogens is 2. The summed E-state index contributed by atoms with van der Waals surface area (Å²) in [5.74, 6) is 2.19. The van der Waals surface area contributed by atoms with Crippen molar-refractivity contribution in [1.29, 1.82) is 0 Å². The quantitative estimate of drug-likeness (QED) is 0.720. The van der Waals surface area contributed by atoms with Gasteiger partial charge in [-0.05, 0) is 38.7 Å². The van der Waals surface area contributed by atoms with Crippen molar-refractivity contribution in [2.24, 2.45) is 0 Å². The topological polar surface area (TPSA) is 37.8 Å². The maximum absolute atomic E-state index is 4.44. The Morgan fingerprint density at radius 3 is 2.59 bits per heavy atom. The van der Waals surface area contributed by atoms with Gasteiger partial charge >= 0.3 is 0 Å². The van der Waals surface area contributed by atoms with E-state index in [1.165, 1.54) is 31.4 Å². The fraction of sp³-hybridized carbons (Fsp3) is 0.692. The number of unbranched alkanes of at least 4 members (excludes halogenated alkanes) is 3. The zero-order valence-electron chi connectivity index (χ0n) is 11.1. The number of anilines is 1. The second-order valence-electron chi connectivity index (χ2n) is 4.26. The molecule has 0 radical (unpaired) electrons. The van der Waals surface area contributed by atoms with Crippen LogP contribution in [0.1, 0.15) is 37.1 Å². The van der Waals surface area contributed by atoms with Gasteiger partial charge in [0.15, 0.2) is 0 Å². The summed E-state index contributed by atoms with van der Waals surface area (Å²) in [5.41, 5.74) is 2.02. The number of hydrogen-bond donors (Lipinski definition) is 1. The third-order valence-electron chi connectivity index (χ3n) is 2.77. The molecule has 1 aromatic rings. The lowest BCUT2D eigenvalue weighted by molar-refractivity contribution is 0.688. The summed E-state index contributed by atoms with van der Waals surface area (Å²) in [4.78, 5) is 8.73. The van der Waals surface area contributed by atoms with Gasteiger partial charge in [-0.3, -0.25) is 4.98 Å². The number of rotatable bonds is 8. The van der Waals surface area contributed by atoms with E-state index in [0.717, 1.165) is 23.8 Å². The number of thioether (sulfide) groups is 1. The van der Waals surface area contributed by atoms with Crippen LogP contribution in [0.5, 0.6) is 0 Å². The zero-order chi connectivity index (χ0) is 12.5. The average molecular weight is 253 g/mol. The highest BCUT2D eigenvalue weighted by atomic mass is 32.2. The summed E-state index contributed by atoms with van der Waals surface area (Å²) >= 11 is 1.93. The molecule has 0 fully saturated rings. The van der Waals surface area contributed by atoms with Crippen LogP contribution in [-0.4, -0.2) is 28.5 Å². The lowest BCUT2D eigenvalue weighted by Crippen LogP contribution is -2.05. The van der Waals surface area contributed by atoms with Crippen LogP contribution in [0.4, 0.5) is 5.82 Å². The second-order valence-corrected chi connectivity index (χ2v) is 5.25. The largest absolute Gasteiger partial charge is 0.369 e. The van der Waals surface area contributed by atoms with Gasteiger partial charge in [0.1, 0.15) is 5.82 Å². The number of hydrogen-bond acceptors (Lipinski definition) is 4. The predicted octanol–water partition coefficient (Wildman–Crippen LogP) is 3.43. The van der Waals surface area contributed by atoms with Gasteiger partial charge in [0.05, 0.1) is 17.6 Å². The molecule has 0 spiro atoms. The van der Waals surface area contributed by atoms with E-state index in [0.29, 0.717) is 0 Å². The van der Waals surface area contributed by atoms with Gasteiger partial charge in [-0.25, -0.2) is 4.98 Å². The molecule has 96 valence electrons. The van der Waals surface area contributed by atoms with Crippen LogP contribution in [0.25, 0.3) is 0 Å². The minimum atomic E-state index is 0.900. The van der Waals surface area contributed by atoms with Crippen LogP contribution in [-0.2, 0) is 0 Å². The smallest absolute Gasteiger partial charge is 0.144 e. The Morgan fingerprint density at radius 1 is 1.12 bits per heavy atom. The first-order valence-corrected chi connectivity index (χ1v) is 7.66. The van der Waals surface area contributed by atoms with E-state index in [1.807, 2.05) is 31.8 Å². The van der Waals surface area contributed by atoms with E-state index in [1.54, 1.807) is 0 Å². The summed E-state index contributed by atoms with van der Waals surface area (Å²) in [6.07, 6.45) is 9.16. The summed E-state index contributed by atoms with van der Waals surface area (Å²) in [7, 11) is 0. The van der Waals surface area contributed by atoms with Crippen LogP contribution in [0.15, 0.2) is 6.20 Å². The SMILES string of the molecule is CSCCCCCCNc1cnc(C)c(C)n1. The second kappa shape index (κ2) is 8.34. The Bertz CT molecular complexity index is 328. The van der Waals surface area contributed by atoms with Crippen LogP contribution in [0.2, 0.25) is 0 Å². The Morgan fingerprint density at radius 2 is 1.88 bits per heavy atom. The predicted molar refractivity (Wildman–Crippen MR) is 76.8 cm³/mol. The summed E-state index contributed by atoms with van der Waals surface area (Å²) in [6.45, 7) is 4.98.